The van der Waals surface area contributed by atoms with E-state index in [9.17, 15) is 4.79 Å². The minimum Gasteiger partial charge on any atom is -0.379 e. The van der Waals surface area contributed by atoms with E-state index in [2.05, 4.69) is 37.9 Å². The van der Waals surface area contributed by atoms with E-state index in [1.54, 1.807) is 0 Å². The predicted octanol–water partition coefficient (Wildman–Crippen LogP) is 2.35. The van der Waals surface area contributed by atoms with E-state index in [-0.39, 0.29) is 11.3 Å². The second-order valence-electron chi connectivity index (χ2n) is 6.99. The number of benzene rings is 1. The van der Waals surface area contributed by atoms with Crippen molar-refractivity contribution >= 4 is 5.91 Å². The average molecular weight is 304 g/mol. The summed E-state index contributed by atoms with van der Waals surface area (Å²) >= 11 is 0. The van der Waals surface area contributed by atoms with Crippen molar-refractivity contribution in [2.24, 2.45) is 0 Å². The topological polar surface area (TPSA) is 41.6 Å². The number of amides is 1. The molecule has 1 N–H and O–H groups in total. The Labute approximate surface area is 133 Å². The lowest BCUT2D eigenvalue weighted by molar-refractivity contribution is 0.0383. The average Bonchev–Trinajstić information content (AvgIpc) is 2.47. The molecule has 1 heterocycles. The van der Waals surface area contributed by atoms with Crippen LogP contribution in [0.5, 0.6) is 0 Å². The van der Waals surface area contributed by atoms with Crippen LogP contribution in [-0.4, -0.2) is 50.2 Å². The van der Waals surface area contributed by atoms with Crippen LogP contribution < -0.4 is 5.32 Å². The van der Waals surface area contributed by atoms with Crippen LogP contribution in [0.1, 0.15) is 42.3 Å². The SMILES string of the molecule is Cc1ccc(C(=O)NCCN2CCOCC2)cc1C(C)(C)C. The van der Waals surface area contributed by atoms with Gasteiger partial charge in [0.05, 0.1) is 13.2 Å². The van der Waals surface area contributed by atoms with Gasteiger partial charge < -0.3 is 10.1 Å². The van der Waals surface area contributed by atoms with Gasteiger partial charge in [-0.25, -0.2) is 0 Å². The summed E-state index contributed by atoms with van der Waals surface area (Å²) in [6, 6.07) is 5.98. The van der Waals surface area contributed by atoms with Gasteiger partial charge in [0.1, 0.15) is 0 Å². The summed E-state index contributed by atoms with van der Waals surface area (Å²) in [6.45, 7) is 13.7. The number of hydrogen-bond donors (Lipinski definition) is 1. The molecule has 4 heteroatoms. The normalized spacial score (nSPS) is 16.5. The third kappa shape index (κ3) is 4.55. The summed E-state index contributed by atoms with van der Waals surface area (Å²) in [7, 11) is 0. The van der Waals surface area contributed by atoms with Gasteiger partial charge in [0.25, 0.3) is 5.91 Å². The third-order valence-electron chi connectivity index (χ3n) is 4.13. The zero-order valence-corrected chi connectivity index (χ0v) is 14.2. The molecular formula is C18H28N2O2. The monoisotopic (exact) mass is 304 g/mol. The first-order chi connectivity index (χ1) is 10.4. The Bertz CT molecular complexity index is 514. The first-order valence-corrected chi connectivity index (χ1v) is 8.07. The number of nitrogens with one attached hydrogen (secondary N) is 1. The first-order valence-electron chi connectivity index (χ1n) is 8.07. The summed E-state index contributed by atoms with van der Waals surface area (Å²) in [5.74, 6) is 0.0127. The maximum absolute atomic E-state index is 12.3. The molecule has 1 aromatic rings. The Morgan fingerprint density at radius 1 is 1.27 bits per heavy atom. The second-order valence-corrected chi connectivity index (χ2v) is 6.99. The molecule has 1 aliphatic heterocycles. The van der Waals surface area contributed by atoms with Crippen molar-refractivity contribution in [1.29, 1.82) is 0 Å². The quantitative estimate of drug-likeness (QED) is 0.928. The van der Waals surface area contributed by atoms with Crippen molar-refractivity contribution in [3.63, 3.8) is 0 Å². The summed E-state index contributed by atoms with van der Waals surface area (Å²) < 4.78 is 5.32. The van der Waals surface area contributed by atoms with Gasteiger partial charge >= 0.3 is 0 Å². The maximum atomic E-state index is 12.3. The third-order valence-corrected chi connectivity index (χ3v) is 4.13. The lowest BCUT2D eigenvalue weighted by Crippen LogP contribution is -2.41. The Kier molecular flexibility index (Phi) is 5.59. The van der Waals surface area contributed by atoms with Gasteiger partial charge in [-0.2, -0.15) is 0 Å². The predicted molar refractivity (Wildman–Crippen MR) is 89.5 cm³/mol. The highest BCUT2D eigenvalue weighted by Gasteiger charge is 2.18. The fraction of sp³-hybridized carbons (Fsp3) is 0.611. The summed E-state index contributed by atoms with van der Waals surface area (Å²) in [6.07, 6.45) is 0. The number of hydrogen-bond acceptors (Lipinski definition) is 3. The maximum Gasteiger partial charge on any atom is 0.251 e. The first kappa shape index (κ1) is 17.0. The molecule has 0 saturated carbocycles. The number of carbonyl (C=O) groups excluding carboxylic acids is 1. The Balaban J connectivity index is 1.92. The smallest absolute Gasteiger partial charge is 0.251 e. The van der Waals surface area contributed by atoms with Crippen molar-refractivity contribution < 1.29 is 9.53 Å². The van der Waals surface area contributed by atoms with E-state index >= 15 is 0 Å². The molecule has 122 valence electrons. The van der Waals surface area contributed by atoms with Crippen LogP contribution in [0.2, 0.25) is 0 Å². The zero-order valence-electron chi connectivity index (χ0n) is 14.2. The zero-order chi connectivity index (χ0) is 16.2. The van der Waals surface area contributed by atoms with Gasteiger partial charge in [-0.05, 0) is 35.6 Å². The van der Waals surface area contributed by atoms with Gasteiger partial charge in [-0.1, -0.05) is 26.8 Å². The van der Waals surface area contributed by atoms with E-state index in [0.717, 1.165) is 38.4 Å². The number of morpholine rings is 1. The molecule has 22 heavy (non-hydrogen) atoms. The van der Waals surface area contributed by atoms with Crippen LogP contribution in [0.4, 0.5) is 0 Å². The van der Waals surface area contributed by atoms with Crippen molar-refractivity contribution in [3.05, 3.63) is 34.9 Å². The molecule has 1 saturated heterocycles. The Hall–Kier alpha value is -1.39. The number of ether oxygens (including phenoxy) is 1. The van der Waals surface area contributed by atoms with Gasteiger partial charge in [0, 0.05) is 31.7 Å². The summed E-state index contributed by atoms with van der Waals surface area (Å²) in [5, 5.41) is 3.02. The van der Waals surface area contributed by atoms with Gasteiger partial charge in [-0.15, -0.1) is 0 Å². The number of rotatable bonds is 4. The number of nitrogens with zero attached hydrogens (tertiary/aromatic N) is 1. The van der Waals surface area contributed by atoms with E-state index in [1.165, 1.54) is 11.1 Å². The van der Waals surface area contributed by atoms with Crippen LogP contribution >= 0.6 is 0 Å². The molecule has 0 bridgehead atoms. The molecule has 1 amide bonds. The minimum absolute atomic E-state index is 0.0127. The van der Waals surface area contributed by atoms with E-state index in [0.29, 0.717) is 6.54 Å². The van der Waals surface area contributed by atoms with Gasteiger partial charge in [0.15, 0.2) is 0 Å². The van der Waals surface area contributed by atoms with Gasteiger partial charge in [-0.3, -0.25) is 9.69 Å². The second kappa shape index (κ2) is 7.25. The van der Waals surface area contributed by atoms with Crippen molar-refractivity contribution in [2.45, 2.75) is 33.1 Å². The minimum atomic E-state index is 0.0127. The van der Waals surface area contributed by atoms with E-state index in [4.69, 9.17) is 4.74 Å². The summed E-state index contributed by atoms with van der Waals surface area (Å²) in [5.41, 5.74) is 3.26. The van der Waals surface area contributed by atoms with Crippen molar-refractivity contribution in [3.8, 4) is 0 Å². The molecule has 0 aromatic heterocycles. The van der Waals surface area contributed by atoms with Crippen LogP contribution in [0.15, 0.2) is 18.2 Å². The summed E-state index contributed by atoms with van der Waals surface area (Å²) in [4.78, 5) is 14.6. The van der Waals surface area contributed by atoms with E-state index in [1.807, 2.05) is 18.2 Å². The van der Waals surface area contributed by atoms with Crippen LogP contribution in [0.3, 0.4) is 0 Å². The van der Waals surface area contributed by atoms with Crippen LogP contribution in [0, 0.1) is 6.92 Å². The Morgan fingerprint density at radius 3 is 2.59 bits per heavy atom. The molecule has 4 nitrogen and oxygen atoms in total. The molecule has 0 atom stereocenters. The highest BCUT2D eigenvalue weighted by atomic mass is 16.5. The molecule has 0 spiro atoms. The standard InChI is InChI=1S/C18H28N2O2/c1-14-5-6-15(13-16(14)18(2,3)4)17(21)19-7-8-20-9-11-22-12-10-20/h5-6,13H,7-12H2,1-4H3,(H,19,21). The van der Waals surface area contributed by atoms with Crippen LogP contribution in [-0.2, 0) is 10.2 Å². The van der Waals surface area contributed by atoms with Gasteiger partial charge in [0.2, 0.25) is 0 Å². The fourth-order valence-corrected chi connectivity index (χ4v) is 2.83. The molecule has 2 rings (SSSR count). The lowest BCUT2D eigenvalue weighted by atomic mass is 9.83. The Morgan fingerprint density at radius 2 is 1.95 bits per heavy atom. The van der Waals surface area contributed by atoms with E-state index < -0.39 is 0 Å². The largest absolute Gasteiger partial charge is 0.379 e. The molecule has 1 aromatic carbocycles. The van der Waals surface area contributed by atoms with Crippen molar-refractivity contribution in [1.82, 2.24) is 10.2 Å². The molecule has 1 fully saturated rings. The van der Waals surface area contributed by atoms with Crippen molar-refractivity contribution in [2.75, 3.05) is 39.4 Å². The fourth-order valence-electron chi connectivity index (χ4n) is 2.83. The highest BCUT2D eigenvalue weighted by Crippen LogP contribution is 2.26. The molecule has 1 aliphatic rings. The molecular weight excluding hydrogens is 276 g/mol. The van der Waals surface area contributed by atoms with Crippen LogP contribution in [0.25, 0.3) is 0 Å². The molecule has 0 aliphatic carbocycles. The molecule has 0 radical (unpaired) electrons. The molecule has 0 unspecified atom stereocenters. The highest BCUT2D eigenvalue weighted by molar-refractivity contribution is 5.94. The lowest BCUT2D eigenvalue weighted by Gasteiger charge is -2.26. The number of aryl methyl sites for hydroxylation is 1. The number of carbonyl (C=O) groups is 1.